The highest BCUT2D eigenvalue weighted by molar-refractivity contribution is 5.27. The van der Waals surface area contributed by atoms with Gasteiger partial charge in [0.15, 0.2) is 0 Å². The largest absolute Gasteiger partial charge is 0.416 e. The van der Waals surface area contributed by atoms with Crippen LogP contribution in [0.15, 0.2) is 24.3 Å². The number of nitrogens with one attached hydrogen (secondary N) is 1. The highest BCUT2D eigenvalue weighted by Crippen LogP contribution is 2.30. The molecule has 0 saturated heterocycles. The van der Waals surface area contributed by atoms with Crippen LogP contribution in [0.3, 0.4) is 0 Å². The van der Waals surface area contributed by atoms with E-state index in [1.165, 1.54) is 6.07 Å². The fraction of sp³-hybridized carbons (Fsp3) is 0.538. The smallest absolute Gasteiger partial charge is 0.396 e. The molecule has 18 heavy (non-hydrogen) atoms. The molecule has 102 valence electrons. The molecule has 5 heteroatoms. The van der Waals surface area contributed by atoms with Crippen molar-refractivity contribution < 1.29 is 18.3 Å². The molecule has 0 aliphatic carbocycles. The van der Waals surface area contributed by atoms with E-state index in [2.05, 4.69) is 5.32 Å². The summed E-state index contributed by atoms with van der Waals surface area (Å²) in [5, 5.41) is 11.9. The van der Waals surface area contributed by atoms with Gasteiger partial charge in [0.1, 0.15) is 0 Å². The summed E-state index contributed by atoms with van der Waals surface area (Å²) in [4.78, 5) is 0. The van der Waals surface area contributed by atoms with Gasteiger partial charge in [-0.15, -0.1) is 0 Å². The molecule has 2 N–H and O–H groups in total. The summed E-state index contributed by atoms with van der Waals surface area (Å²) in [7, 11) is 0. The summed E-state index contributed by atoms with van der Waals surface area (Å²) in [5.74, 6) is 0. The van der Waals surface area contributed by atoms with E-state index in [-0.39, 0.29) is 18.7 Å². The zero-order valence-electron chi connectivity index (χ0n) is 10.5. The number of aliphatic hydroxyl groups excluding tert-OH is 1. The Bertz CT molecular complexity index is 379. The molecule has 0 heterocycles. The van der Waals surface area contributed by atoms with Gasteiger partial charge in [0, 0.05) is 18.7 Å². The molecule has 1 rings (SSSR count). The van der Waals surface area contributed by atoms with Gasteiger partial charge in [-0.25, -0.2) is 0 Å². The number of hydrogen-bond acceptors (Lipinski definition) is 2. The molecule has 2 unspecified atom stereocenters. The molecule has 0 amide bonds. The average Bonchev–Trinajstić information content (AvgIpc) is 2.28. The number of hydrogen-bond donors (Lipinski definition) is 2. The normalized spacial score (nSPS) is 15.4. The van der Waals surface area contributed by atoms with Crippen LogP contribution in [0, 0.1) is 0 Å². The lowest BCUT2D eigenvalue weighted by Gasteiger charge is -2.20. The molecule has 0 aliphatic rings. The Kier molecular flexibility index (Phi) is 5.16. The zero-order chi connectivity index (χ0) is 13.8. The first-order valence-electron chi connectivity index (χ1n) is 5.88. The summed E-state index contributed by atoms with van der Waals surface area (Å²) in [6.45, 7) is 3.76. The third-order valence-electron chi connectivity index (χ3n) is 2.81. The van der Waals surface area contributed by atoms with Crippen molar-refractivity contribution in [1.82, 2.24) is 5.32 Å². The summed E-state index contributed by atoms with van der Waals surface area (Å²) in [6.07, 6.45) is -3.74. The van der Waals surface area contributed by atoms with Gasteiger partial charge in [-0.05, 0) is 38.0 Å². The number of benzene rings is 1. The Morgan fingerprint density at radius 1 is 1.28 bits per heavy atom. The van der Waals surface area contributed by atoms with Gasteiger partial charge in [0.2, 0.25) is 0 Å². The van der Waals surface area contributed by atoms with Gasteiger partial charge < -0.3 is 10.4 Å². The number of halogens is 3. The van der Waals surface area contributed by atoms with Crippen molar-refractivity contribution in [2.24, 2.45) is 0 Å². The first-order valence-corrected chi connectivity index (χ1v) is 5.88. The van der Waals surface area contributed by atoms with Gasteiger partial charge in [-0.2, -0.15) is 13.2 Å². The van der Waals surface area contributed by atoms with Crippen molar-refractivity contribution in [3.8, 4) is 0 Å². The summed E-state index contributed by atoms with van der Waals surface area (Å²) in [5.41, 5.74) is -0.0434. The molecule has 0 bridgehead atoms. The molecule has 1 aromatic rings. The second-order valence-electron chi connectivity index (χ2n) is 4.42. The zero-order valence-corrected chi connectivity index (χ0v) is 10.5. The van der Waals surface area contributed by atoms with Gasteiger partial charge in [0.25, 0.3) is 0 Å². The molecule has 1 aromatic carbocycles. The van der Waals surface area contributed by atoms with Gasteiger partial charge in [0.05, 0.1) is 5.56 Å². The van der Waals surface area contributed by atoms with Crippen molar-refractivity contribution >= 4 is 0 Å². The average molecular weight is 261 g/mol. The molecule has 0 spiro atoms. The van der Waals surface area contributed by atoms with E-state index in [0.717, 1.165) is 12.1 Å². The second-order valence-corrected chi connectivity index (χ2v) is 4.42. The van der Waals surface area contributed by atoms with Crippen LogP contribution in [0.25, 0.3) is 0 Å². The molecule has 2 atom stereocenters. The third kappa shape index (κ3) is 4.31. The van der Waals surface area contributed by atoms with Crippen LogP contribution in [-0.2, 0) is 6.18 Å². The van der Waals surface area contributed by atoms with Crippen molar-refractivity contribution in [2.45, 2.75) is 38.5 Å². The van der Waals surface area contributed by atoms with Gasteiger partial charge in [-0.1, -0.05) is 12.1 Å². The van der Waals surface area contributed by atoms with E-state index in [4.69, 9.17) is 5.11 Å². The van der Waals surface area contributed by atoms with Gasteiger partial charge >= 0.3 is 6.18 Å². The molecule has 0 aromatic heterocycles. The molecule has 0 saturated carbocycles. The fourth-order valence-corrected chi connectivity index (χ4v) is 1.78. The third-order valence-corrected chi connectivity index (χ3v) is 2.81. The van der Waals surface area contributed by atoms with E-state index in [9.17, 15) is 13.2 Å². The Labute approximate surface area is 105 Å². The predicted molar refractivity (Wildman–Crippen MR) is 64.2 cm³/mol. The Morgan fingerprint density at radius 2 is 1.94 bits per heavy atom. The number of rotatable bonds is 5. The minimum Gasteiger partial charge on any atom is -0.396 e. The van der Waals surface area contributed by atoms with Crippen LogP contribution < -0.4 is 5.32 Å². The molecular formula is C13H18F3NO. The van der Waals surface area contributed by atoms with Crippen LogP contribution >= 0.6 is 0 Å². The summed E-state index contributed by atoms with van der Waals surface area (Å²) >= 11 is 0. The van der Waals surface area contributed by atoms with E-state index in [1.54, 1.807) is 6.07 Å². The van der Waals surface area contributed by atoms with Crippen LogP contribution in [0.4, 0.5) is 13.2 Å². The van der Waals surface area contributed by atoms with Crippen LogP contribution in [0.5, 0.6) is 0 Å². The van der Waals surface area contributed by atoms with Crippen molar-refractivity contribution in [3.05, 3.63) is 35.4 Å². The standard InChI is InChI=1S/C13H18F3NO/c1-9(6-7-18)17-10(2)11-4-3-5-12(8-11)13(14,15)16/h3-5,8-10,17-18H,6-7H2,1-2H3. The van der Waals surface area contributed by atoms with E-state index in [1.807, 2.05) is 13.8 Å². The number of alkyl halides is 3. The fourth-order valence-electron chi connectivity index (χ4n) is 1.78. The Hall–Kier alpha value is -1.07. The highest BCUT2D eigenvalue weighted by atomic mass is 19.4. The lowest BCUT2D eigenvalue weighted by molar-refractivity contribution is -0.137. The van der Waals surface area contributed by atoms with Crippen molar-refractivity contribution in [1.29, 1.82) is 0 Å². The Morgan fingerprint density at radius 3 is 2.50 bits per heavy atom. The molecule has 0 radical (unpaired) electrons. The molecule has 0 fully saturated rings. The minimum absolute atomic E-state index is 0.0551. The lowest BCUT2D eigenvalue weighted by atomic mass is 10.0. The summed E-state index contributed by atoms with van der Waals surface area (Å²) < 4.78 is 37.7. The molecule has 2 nitrogen and oxygen atoms in total. The second kappa shape index (κ2) is 6.20. The molecule has 0 aliphatic heterocycles. The van der Waals surface area contributed by atoms with E-state index < -0.39 is 11.7 Å². The monoisotopic (exact) mass is 261 g/mol. The maximum absolute atomic E-state index is 12.6. The number of aliphatic hydroxyl groups is 1. The first kappa shape index (κ1) is 15.0. The Balaban J connectivity index is 2.77. The maximum Gasteiger partial charge on any atom is 0.416 e. The first-order chi connectivity index (χ1) is 8.34. The highest BCUT2D eigenvalue weighted by Gasteiger charge is 2.30. The van der Waals surface area contributed by atoms with Crippen LogP contribution in [0.2, 0.25) is 0 Å². The lowest BCUT2D eigenvalue weighted by Crippen LogP contribution is -2.29. The van der Waals surface area contributed by atoms with Crippen molar-refractivity contribution in [3.63, 3.8) is 0 Å². The minimum atomic E-state index is -4.31. The van der Waals surface area contributed by atoms with Gasteiger partial charge in [-0.3, -0.25) is 0 Å². The van der Waals surface area contributed by atoms with E-state index in [0.29, 0.717) is 12.0 Å². The maximum atomic E-state index is 12.6. The topological polar surface area (TPSA) is 32.3 Å². The van der Waals surface area contributed by atoms with Crippen molar-refractivity contribution in [2.75, 3.05) is 6.61 Å². The molecular weight excluding hydrogens is 243 g/mol. The quantitative estimate of drug-likeness (QED) is 0.853. The predicted octanol–water partition coefficient (Wildman–Crippen LogP) is 3.13. The van der Waals surface area contributed by atoms with Crippen LogP contribution in [-0.4, -0.2) is 17.8 Å². The SMILES string of the molecule is CC(CCO)NC(C)c1cccc(C(F)(F)F)c1. The summed E-state index contributed by atoms with van der Waals surface area (Å²) in [6, 6.07) is 5.16. The van der Waals surface area contributed by atoms with E-state index >= 15 is 0 Å². The van der Waals surface area contributed by atoms with Crippen LogP contribution in [0.1, 0.15) is 37.4 Å².